The molecule has 25 heavy (non-hydrogen) atoms. The molecule has 4 N–H and O–H groups in total. The number of carbonyl (C=O) groups excluding carboxylic acids is 2. The van der Waals surface area contributed by atoms with Crippen LogP contribution >= 0.6 is 0 Å². The molecule has 0 bridgehead atoms. The molecule has 0 saturated heterocycles. The molecule has 0 aliphatic heterocycles. The zero-order valence-electron chi connectivity index (χ0n) is 13.7. The predicted molar refractivity (Wildman–Crippen MR) is 95.7 cm³/mol. The van der Waals surface area contributed by atoms with E-state index in [-0.39, 0.29) is 12.3 Å². The molecule has 3 rings (SSSR count). The lowest BCUT2D eigenvalue weighted by Gasteiger charge is -2.15. The van der Waals surface area contributed by atoms with Crippen molar-refractivity contribution >= 4 is 22.8 Å². The van der Waals surface area contributed by atoms with Gasteiger partial charge in [-0.15, -0.1) is 0 Å². The van der Waals surface area contributed by atoms with E-state index in [2.05, 4.69) is 15.3 Å². The Morgan fingerprint density at radius 3 is 2.52 bits per heavy atom. The van der Waals surface area contributed by atoms with E-state index in [0.29, 0.717) is 12.8 Å². The summed E-state index contributed by atoms with van der Waals surface area (Å²) >= 11 is 0. The van der Waals surface area contributed by atoms with Crippen LogP contribution in [0.3, 0.4) is 0 Å². The van der Waals surface area contributed by atoms with Gasteiger partial charge < -0.3 is 16.0 Å². The summed E-state index contributed by atoms with van der Waals surface area (Å²) in [7, 11) is 0. The number of benzene rings is 2. The summed E-state index contributed by atoms with van der Waals surface area (Å²) in [6.45, 7) is 0. The van der Waals surface area contributed by atoms with Gasteiger partial charge in [0, 0.05) is 19.3 Å². The predicted octanol–water partition coefficient (Wildman–Crippen LogP) is 1.71. The zero-order chi connectivity index (χ0) is 17.6. The minimum atomic E-state index is -0.717. The van der Waals surface area contributed by atoms with E-state index in [0.717, 1.165) is 22.4 Å². The number of nitrogens with one attached hydrogen (secondary N) is 2. The van der Waals surface area contributed by atoms with Crippen LogP contribution in [0.5, 0.6) is 0 Å². The Bertz CT molecular complexity index is 840. The van der Waals surface area contributed by atoms with Gasteiger partial charge in [0.05, 0.1) is 11.0 Å². The quantitative estimate of drug-likeness (QED) is 0.612. The molecule has 0 spiro atoms. The molecule has 128 valence electrons. The highest BCUT2D eigenvalue weighted by atomic mass is 16.2. The third-order valence-electron chi connectivity index (χ3n) is 3.99. The first-order valence-electron chi connectivity index (χ1n) is 8.18. The smallest absolute Gasteiger partial charge is 0.240 e. The summed E-state index contributed by atoms with van der Waals surface area (Å²) in [5, 5.41) is 2.71. The maximum absolute atomic E-state index is 12.2. The van der Waals surface area contributed by atoms with Gasteiger partial charge in [-0.3, -0.25) is 9.59 Å². The minimum absolute atomic E-state index is 0.222. The standard InChI is InChI=1S/C19H20N4O2/c20-19(25)16(12-13-6-2-1-3-7-13)23-18(24)11-10-17-21-14-8-4-5-9-15(14)22-17/h1-9,16H,10-12H2,(H2,20,25)(H,21,22)(H,23,24)/t16-/m0/s1. The Morgan fingerprint density at radius 2 is 1.80 bits per heavy atom. The van der Waals surface area contributed by atoms with E-state index in [9.17, 15) is 9.59 Å². The van der Waals surface area contributed by atoms with Gasteiger partial charge in [0.1, 0.15) is 11.9 Å². The van der Waals surface area contributed by atoms with E-state index in [1.165, 1.54) is 0 Å². The summed E-state index contributed by atoms with van der Waals surface area (Å²) < 4.78 is 0. The molecule has 2 aromatic carbocycles. The number of hydrogen-bond donors (Lipinski definition) is 3. The van der Waals surface area contributed by atoms with Gasteiger partial charge >= 0.3 is 0 Å². The first-order chi connectivity index (χ1) is 12.1. The number of para-hydroxylation sites is 2. The largest absolute Gasteiger partial charge is 0.368 e. The van der Waals surface area contributed by atoms with Crippen LogP contribution in [0.25, 0.3) is 11.0 Å². The van der Waals surface area contributed by atoms with Crippen molar-refractivity contribution in [2.45, 2.75) is 25.3 Å². The zero-order valence-corrected chi connectivity index (χ0v) is 13.7. The van der Waals surface area contributed by atoms with Crippen molar-refractivity contribution < 1.29 is 9.59 Å². The Labute approximate surface area is 145 Å². The Kier molecular flexibility index (Phi) is 5.09. The monoisotopic (exact) mass is 336 g/mol. The highest BCUT2D eigenvalue weighted by Gasteiger charge is 2.18. The van der Waals surface area contributed by atoms with E-state index in [1.54, 1.807) is 0 Å². The molecule has 6 heteroatoms. The van der Waals surface area contributed by atoms with E-state index in [1.807, 2.05) is 54.6 Å². The molecular formula is C19H20N4O2. The molecule has 0 radical (unpaired) electrons. The molecule has 0 saturated carbocycles. The van der Waals surface area contributed by atoms with Crippen molar-refractivity contribution in [3.63, 3.8) is 0 Å². The van der Waals surface area contributed by atoms with E-state index >= 15 is 0 Å². The minimum Gasteiger partial charge on any atom is -0.368 e. The van der Waals surface area contributed by atoms with Crippen LogP contribution in [-0.2, 0) is 22.4 Å². The van der Waals surface area contributed by atoms with Gasteiger partial charge in [-0.25, -0.2) is 4.98 Å². The normalized spacial score (nSPS) is 12.0. The van der Waals surface area contributed by atoms with E-state index < -0.39 is 11.9 Å². The van der Waals surface area contributed by atoms with Crippen LogP contribution in [0, 0.1) is 0 Å². The molecule has 6 nitrogen and oxygen atoms in total. The molecule has 1 heterocycles. The Hall–Kier alpha value is -3.15. The fourth-order valence-corrected chi connectivity index (χ4v) is 2.70. The molecule has 0 aliphatic carbocycles. The van der Waals surface area contributed by atoms with Crippen LogP contribution in [0.15, 0.2) is 54.6 Å². The Balaban J connectivity index is 1.57. The number of carbonyl (C=O) groups is 2. The number of aromatic amines is 1. The number of H-pyrrole nitrogens is 1. The summed E-state index contributed by atoms with van der Waals surface area (Å²) in [6, 6.07) is 16.5. The molecule has 0 fully saturated rings. The second-order valence-corrected chi connectivity index (χ2v) is 5.91. The fourth-order valence-electron chi connectivity index (χ4n) is 2.70. The highest BCUT2D eigenvalue weighted by Crippen LogP contribution is 2.11. The number of fused-ring (bicyclic) bond motifs is 1. The molecule has 1 atom stereocenters. The first kappa shape index (κ1) is 16.7. The summed E-state index contributed by atoms with van der Waals surface area (Å²) in [4.78, 5) is 31.4. The summed E-state index contributed by atoms with van der Waals surface area (Å²) in [5.41, 5.74) is 8.18. The van der Waals surface area contributed by atoms with Crippen molar-refractivity contribution in [3.05, 3.63) is 66.0 Å². The molecule has 2 amide bonds. The lowest BCUT2D eigenvalue weighted by molar-refractivity contribution is -0.127. The van der Waals surface area contributed by atoms with Crippen LogP contribution in [0.1, 0.15) is 17.8 Å². The first-order valence-corrected chi connectivity index (χ1v) is 8.18. The van der Waals surface area contributed by atoms with Crippen molar-refractivity contribution in [3.8, 4) is 0 Å². The van der Waals surface area contributed by atoms with Gasteiger partial charge in [0.25, 0.3) is 0 Å². The van der Waals surface area contributed by atoms with Crippen LogP contribution in [0.2, 0.25) is 0 Å². The Morgan fingerprint density at radius 1 is 1.08 bits per heavy atom. The van der Waals surface area contributed by atoms with Gasteiger partial charge in [-0.2, -0.15) is 0 Å². The number of imidazole rings is 1. The van der Waals surface area contributed by atoms with Crippen molar-refractivity contribution in [1.29, 1.82) is 0 Å². The second-order valence-electron chi connectivity index (χ2n) is 5.91. The van der Waals surface area contributed by atoms with Gasteiger partial charge in [-0.05, 0) is 17.7 Å². The topological polar surface area (TPSA) is 101 Å². The third kappa shape index (κ3) is 4.44. The maximum Gasteiger partial charge on any atom is 0.240 e. The van der Waals surface area contributed by atoms with Crippen LogP contribution in [0.4, 0.5) is 0 Å². The lowest BCUT2D eigenvalue weighted by Crippen LogP contribution is -2.45. The lowest BCUT2D eigenvalue weighted by atomic mass is 10.1. The molecule has 3 aromatic rings. The number of nitrogens with zero attached hydrogens (tertiary/aromatic N) is 1. The molecular weight excluding hydrogens is 316 g/mol. The summed E-state index contributed by atoms with van der Waals surface area (Å²) in [5.74, 6) is -0.0174. The summed E-state index contributed by atoms with van der Waals surface area (Å²) in [6.07, 6.45) is 1.09. The van der Waals surface area contributed by atoms with Crippen molar-refractivity contribution in [1.82, 2.24) is 15.3 Å². The number of hydrogen-bond acceptors (Lipinski definition) is 3. The highest BCUT2D eigenvalue weighted by molar-refractivity contribution is 5.86. The van der Waals surface area contributed by atoms with Crippen LogP contribution < -0.4 is 11.1 Å². The van der Waals surface area contributed by atoms with E-state index in [4.69, 9.17) is 5.73 Å². The van der Waals surface area contributed by atoms with Crippen molar-refractivity contribution in [2.75, 3.05) is 0 Å². The maximum atomic E-state index is 12.2. The molecule has 1 aromatic heterocycles. The number of nitrogens with two attached hydrogens (primary N) is 1. The number of aromatic nitrogens is 2. The number of aryl methyl sites for hydroxylation is 1. The fraction of sp³-hybridized carbons (Fsp3) is 0.211. The second kappa shape index (κ2) is 7.61. The molecule has 0 unspecified atom stereocenters. The number of amides is 2. The van der Waals surface area contributed by atoms with Gasteiger partial charge in [-0.1, -0.05) is 42.5 Å². The van der Waals surface area contributed by atoms with Crippen LogP contribution in [-0.4, -0.2) is 27.8 Å². The molecule has 0 aliphatic rings. The van der Waals surface area contributed by atoms with Crippen molar-refractivity contribution in [2.24, 2.45) is 5.73 Å². The van der Waals surface area contributed by atoms with Gasteiger partial charge in [0.15, 0.2) is 0 Å². The third-order valence-corrected chi connectivity index (χ3v) is 3.99. The number of primary amides is 1. The average Bonchev–Trinajstić information content (AvgIpc) is 3.03. The SMILES string of the molecule is NC(=O)[C@H](Cc1ccccc1)NC(=O)CCc1nc2ccccc2[nH]1. The number of rotatable bonds is 7. The average molecular weight is 336 g/mol. The van der Waals surface area contributed by atoms with Gasteiger partial charge in [0.2, 0.25) is 11.8 Å².